The van der Waals surface area contributed by atoms with Crippen LogP contribution in [-0.2, 0) is 11.2 Å². The van der Waals surface area contributed by atoms with E-state index < -0.39 is 0 Å². The predicted octanol–water partition coefficient (Wildman–Crippen LogP) is 4.91. The van der Waals surface area contributed by atoms with Crippen LogP contribution in [0.4, 0.5) is 5.69 Å². The Hall–Kier alpha value is -2.85. The number of likely N-dealkylation sites (tertiary alicyclic amines) is 1. The Kier molecular flexibility index (Phi) is 5.31. The minimum Gasteiger partial charge on any atom is -0.339 e. The number of nitrogens with one attached hydrogen (secondary N) is 1. The number of nitrogens with zero attached hydrogens (tertiary/aromatic N) is 1. The number of fused-ring (bicyclic) bond motifs is 1. The Bertz CT molecular complexity index is 1040. The fraction of sp³-hybridized carbons (Fsp3) is 0.217. The van der Waals surface area contributed by atoms with Crippen molar-refractivity contribution in [3.05, 3.63) is 76.8 Å². The normalized spacial score (nSPS) is 13.7. The van der Waals surface area contributed by atoms with Crippen LogP contribution < -0.4 is 5.32 Å². The van der Waals surface area contributed by atoms with Gasteiger partial charge in [-0.3, -0.25) is 9.59 Å². The SMILES string of the molecule is O=C(Cc1ccc2ccccc2c1)Nc1cc(Cl)ccc1C(=O)N1CCCC1. The molecule has 3 aromatic carbocycles. The molecule has 4 nitrogen and oxygen atoms in total. The maximum Gasteiger partial charge on any atom is 0.255 e. The van der Waals surface area contributed by atoms with Crippen molar-refractivity contribution in [3.63, 3.8) is 0 Å². The average molecular weight is 393 g/mol. The van der Waals surface area contributed by atoms with Crippen LogP contribution in [0.2, 0.25) is 5.02 Å². The molecule has 0 atom stereocenters. The van der Waals surface area contributed by atoms with E-state index in [9.17, 15) is 9.59 Å². The van der Waals surface area contributed by atoms with Gasteiger partial charge < -0.3 is 10.2 Å². The molecular formula is C23H21ClN2O2. The molecule has 0 aliphatic carbocycles. The van der Waals surface area contributed by atoms with Crippen LogP contribution in [-0.4, -0.2) is 29.8 Å². The minimum atomic E-state index is -0.173. The molecule has 2 amide bonds. The first-order valence-electron chi connectivity index (χ1n) is 9.46. The summed E-state index contributed by atoms with van der Waals surface area (Å²) in [5.74, 6) is -0.233. The Morgan fingerprint density at radius 3 is 2.46 bits per heavy atom. The molecule has 1 saturated heterocycles. The van der Waals surface area contributed by atoms with Crippen molar-refractivity contribution in [2.45, 2.75) is 19.3 Å². The fourth-order valence-corrected chi connectivity index (χ4v) is 3.80. The van der Waals surface area contributed by atoms with Crippen LogP contribution in [0.25, 0.3) is 10.8 Å². The van der Waals surface area contributed by atoms with Crippen molar-refractivity contribution < 1.29 is 9.59 Å². The van der Waals surface area contributed by atoms with Crippen LogP contribution in [0.1, 0.15) is 28.8 Å². The van der Waals surface area contributed by atoms with Gasteiger partial charge in [-0.2, -0.15) is 0 Å². The summed E-state index contributed by atoms with van der Waals surface area (Å²) >= 11 is 6.11. The van der Waals surface area contributed by atoms with E-state index in [0.29, 0.717) is 16.3 Å². The summed E-state index contributed by atoms with van der Waals surface area (Å²) in [5.41, 5.74) is 1.87. The van der Waals surface area contributed by atoms with Crippen molar-refractivity contribution in [1.82, 2.24) is 4.90 Å². The summed E-state index contributed by atoms with van der Waals surface area (Å²) in [6.45, 7) is 1.51. The molecule has 0 aromatic heterocycles. The second-order valence-corrected chi connectivity index (χ2v) is 7.53. The maximum atomic E-state index is 12.8. The van der Waals surface area contributed by atoms with Crippen molar-refractivity contribution in [2.24, 2.45) is 0 Å². The van der Waals surface area contributed by atoms with E-state index >= 15 is 0 Å². The van der Waals surface area contributed by atoms with Crippen molar-refractivity contribution >= 4 is 39.9 Å². The van der Waals surface area contributed by atoms with Gasteiger partial charge in [-0.25, -0.2) is 0 Å². The maximum absolute atomic E-state index is 12.8. The van der Waals surface area contributed by atoms with E-state index in [4.69, 9.17) is 11.6 Å². The van der Waals surface area contributed by atoms with Gasteiger partial charge in [-0.05, 0) is 47.4 Å². The summed E-state index contributed by atoms with van der Waals surface area (Å²) in [7, 11) is 0. The van der Waals surface area contributed by atoms with Gasteiger partial charge in [0.25, 0.3) is 5.91 Å². The molecule has 4 rings (SSSR count). The van der Waals surface area contributed by atoms with Gasteiger partial charge in [0.2, 0.25) is 5.91 Å². The van der Waals surface area contributed by atoms with E-state index in [2.05, 4.69) is 5.32 Å². The molecule has 1 heterocycles. The molecule has 1 aliphatic rings. The van der Waals surface area contributed by atoms with Crippen LogP contribution in [0.3, 0.4) is 0 Å². The molecule has 0 unspecified atom stereocenters. The third kappa shape index (κ3) is 4.02. The first kappa shape index (κ1) is 18.5. The minimum absolute atomic E-state index is 0.0600. The molecule has 0 radical (unpaired) electrons. The highest BCUT2D eigenvalue weighted by atomic mass is 35.5. The number of halogens is 1. The van der Waals surface area contributed by atoms with E-state index in [1.165, 1.54) is 0 Å². The highest BCUT2D eigenvalue weighted by Crippen LogP contribution is 2.25. The Morgan fingerprint density at radius 1 is 0.929 bits per heavy atom. The van der Waals surface area contributed by atoms with E-state index in [1.807, 2.05) is 47.4 Å². The Balaban J connectivity index is 1.53. The Labute approximate surface area is 169 Å². The topological polar surface area (TPSA) is 49.4 Å². The Morgan fingerprint density at radius 2 is 1.68 bits per heavy atom. The molecule has 0 bridgehead atoms. The average Bonchev–Trinajstić information content (AvgIpc) is 3.22. The molecule has 0 saturated carbocycles. The van der Waals surface area contributed by atoms with Crippen LogP contribution >= 0.6 is 11.6 Å². The van der Waals surface area contributed by atoms with Crippen LogP contribution in [0.15, 0.2) is 60.7 Å². The second-order valence-electron chi connectivity index (χ2n) is 7.10. The van der Waals surface area contributed by atoms with Crippen molar-refractivity contribution in [2.75, 3.05) is 18.4 Å². The quantitative estimate of drug-likeness (QED) is 0.685. The number of hydrogen-bond donors (Lipinski definition) is 1. The molecule has 3 aromatic rings. The second kappa shape index (κ2) is 8.03. The largest absolute Gasteiger partial charge is 0.339 e. The highest BCUT2D eigenvalue weighted by Gasteiger charge is 2.22. The lowest BCUT2D eigenvalue weighted by Gasteiger charge is -2.18. The van der Waals surface area contributed by atoms with E-state index in [-0.39, 0.29) is 18.2 Å². The lowest BCUT2D eigenvalue weighted by Crippen LogP contribution is -2.29. The lowest BCUT2D eigenvalue weighted by molar-refractivity contribution is -0.115. The van der Waals surface area contributed by atoms with Crippen LogP contribution in [0, 0.1) is 0 Å². The smallest absolute Gasteiger partial charge is 0.255 e. The third-order valence-corrected chi connectivity index (χ3v) is 5.29. The number of amides is 2. The number of anilines is 1. The number of benzene rings is 3. The molecule has 5 heteroatoms. The molecule has 1 fully saturated rings. The molecule has 1 N–H and O–H groups in total. The zero-order chi connectivity index (χ0) is 19.5. The lowest BCUT2D eigenvalue weighted by atomic mass is 10.0. The highest BCUT2D eigenvalue weighted by molar-refractivity contribution is 6.31. The fourth-order valence-electron chi connectivity index (χ4n) is 3.63. The number of hydrogen-bond acceptors (Lipinski definition) is 2. The van der Waals surface area contributed by atoms with Crippen molar-refractivity contribution in [1.29, 1.82) is 0 Å². The summed E-state index contributed by atoms with van der Waals surface area (Å²) in [4.78, 5) is 27.3. The summed E-state index contributed by atoms with van der Waals surface area (Å²) < 4.78 is 0. The molecule has 28 heavy (non-hydrogen) atoms. The zero-order valence-electron chi connectivity index (χ0n) is 15.5. The molecular weight excluding hydrogens is 372 g/mol. The summed E-state index contributed by atoms with van der Waals surface area (Å²) in [6, 6.07) is 19.0. The third-order valence-electron chi connectivity index (χ3n) is 5.06. The summed E-state index contributed by atoms with van der Waals surface area (Å²) in [6.07, 6.45) is 2.26. The van der Waals surface area contributed by atoms with Crippen LogP contribution in [0.5, 0.6) is 0 Å². The summed E-state index contributed by atoms with van der Waals surface area (Å²) in [5, 5.41) is 5.60. The van der Waals surface area contributed by atoms with Gasteiger partial charge in [0, 0.05) is 18.1 Å². The van der Waals surface area contributed by atoms with Gasteiger partial charge in [0.05, 0.1) is 17.7 Å². The van der Waals surface area contributed by atoms with E-state index in [1.54, 1.807) is 18.2 Å². The number of carbonyl (C=O) groups is 2. The van der Waals surface area contributed by atoms with Gasteiger partial charge in [-0.1, -0.05) is 54.1 Å². The zero-order valence-corrected chi connectivity index (χ0v) is 16.2. The molecule has 1 aliphatic heterocycles. The number of carbonyl (C=O) groups excluding carboxylic acids is 2. The van der Waals surface area contributed by atoms with Gasteiger partial charge in [0.1, 0.15) is 0 Å². The predicted molar refractivity (Wildman–Crippen MR) is 113 cm³/mol. The molecule has 142 valence electrons. The first-order valence-corrected chi connectivity index (χ1v) is 9.84. The van der Waals surface area contributed by atoms with Gasteiger partial charge >= 0.3 is 0 Å². The van der Waals surface area contributed by atoms with Gasteiger partial charge in [0.15, 0.2) is 0 Å². The van der Waals surface area contributed by atoms with E-state index in [0.717, 1.165) is 42.3 Å². The van der Waals surface area contributed by atoms with Crippen molar-refractivity contribution in [3.8, 4) is 0 Å². The monoisotopic (exact) mass is 392 g/mol. The number of rotatable bonds is 4. The first-order chi connectivity index (χ1) is 13.6. The molecule has 0 spiro atoms. The standard InChI is InChI=1S/C23H21ClN2O2/c24-19-9-10-20(23(28)26-11-3-4-12-26)21(15-19)25-22(27)14-16-7-8-17-5-1-2-6-18(17)13-16/h1-2,5-10,13,15H,3-4,11-12,14H2,(H,25,27). The van der Waals surface area contributed by atoms with Gasteiger partial charge in [-0.15, -0.1) is 0 Å².